The van der Waals surface area contributed by atoms with E-state index in [9.17, 15) is 4.79 Å². The molecule has 0 saturated carbocycles. The van der Waals surface area contributed by atoms with Crippen molar-refractivity contribution in [1.29, 1.82) is 0 Å². The topological polar surface area (TPSA) is 96.7 Å². The summed E-state index contributed by atoms with van der Waals surface area (Å²) in [6.07, 6.45) is 8.13. The molecule has 0 unspecified atom stereocenters. The van der Waals surface area contributed by atoms with Crippen molar-refractivity contribution in [3.63, 3.8) is 0 Å². The number of aromatic nitrogens is 4. The van der Waals surface area contributed by atoms with Gasteiger partial charge in [0.1, 0.15) is 5.69 Å². The van der Waals surface area contributed by atoms with E-state index >= 15 is 0 Å². The van der Waals surface area contributed by atoms with Crippen molar-refractivity contribution >= 4 is 33.4 Å². The summed E-state index contributed by atoms with van der Waals surface area (Å²) in [6, 6.07) is 11.1. The Morgan fingerprint density at radius 1 is 1.11 bits per heavy atom. The summed E-state index contributed by atoms with van der Waals surface area (Å²) in [6.45, 7) is 0. The van der Waals surface area contributed by atoms with Crippen LogP contribution < -0.4 is 5.32 Å². The van der Waals surface area contributed by atoms with Crippen molar-refractivity contribution in [2.45, 2.75) is 0 Å². The van der Waals surface area contributed by atoms with E-state index in [2.05, 4.69) is 25.5 Å². The molecule has 0 spiro atoms. The Morgan fingerprint density at radius 3 is 2.96 bits per heavy atom. The molecule has 0 radical (unpaired) electrons. The standard InChI is InChI=1S/C20H13N5O2/c26-20(14-7-12-3-5-21-10-18(12)22-9-14)23-15-1-2-17-16(8-15)19(25-24-17)13-4-6-27-11-13/h1-11H,(H,23,26)(H,24,25). The van der Waals surface area contributed by atoms with Gasteiger partial charge in [0.15, 0.2) is 0 Å². The number of hydrogen-bond donors (Lipinski definition) is 2. The number of H-pyrrole nitrogens is 1. The Labute approximate surface area is 153 Å². The number of nitrogens with zero attached hydrogens (tertiary/aromatic N) is 3. The van der Waals surface area contributed by atoms with Gasteiger partial charge in [0.25, 0.3) is 5.91 Å². The van der Waals surface area contributed by atoms with Crippen LogP contribution in [0.3, 0.4) is 0 Å². The first-order valence-corrected chi connectivity index (χ1v) is 8.30. The maximum Gasteiger partial charge on any atom is 0.257 e. The number of fused-ring (bicyclic) bond motifs is 2. The lowest BCUT2D eigenvalue weighted by molar-refractivity contribution is 0.102. The van der Waals surface area contributed by atoms with Gasteiger partial charge in [-0.05, 0) is 36.4 Å². The summed E-state index contributed by atoms with van der Waals surface area (Å²) in [4.78, 5) is 21.0. The van der Waals surface area contributed by atoms with Crippen LogP contribution in [0.5, 0.6) is 0 Å². The zero-order chi connectivity index (χ0) is 18.2. The second-order valence-corrected chi connectivity index (χ2v) is 6.09. The van der Waals surface area contributed by atoms with Gasteiger partial charge in [-0.2, -0.15) is 5.10 Å². The van der Waals surface area contributed by atoms with Crippen molar-refractivity contribution in [3.05, 3.63) is 73.1 Å². The summed E-state index contributed by atoms with van der Waals surface area (Å²) in [7, 11) is 0. The molecule has 4 aromatic heterocycles. The fourth-order valence-electron chi connectivity index (χ4n) is 3.01. The van der Waals surface area contributed by atoms with Crippen molar-refractivity contribution < 1.29 is 9.21 Å². The molecule has 2 N–H and O–H groups in total. The van der Waals surface area contributed by atoms with Gasteiger partial charge in [-0.3, -0.25) is 19.9 Å². The summed E-state index contributed by atoms with van der Waals surface area (Å²) in [5, 5.41) is 12.0. The molecule has 0 bridgehead atoms. The average Bonchev–Trinajstić information content (AvgIpc) is 3.36. The first-order chi connectivity index (χ1) is 13.3. The largest absolute Gasteiger partial charge is 0.472 e. The van der Waals surface area contributed by atoms with Crippen molar-refractivity contribution in [2.75, 3.05) is 5.32 Å². The average molecular weight is 355 g/mol. The number of rotatable bonds is 3. The number of furan rings is 1. The van der Waals surface area contributed by atoms with E-state index < -0.39 is 0 Å². The van der Waals surface area contributed by atoms with Crippen molar-refractivity contribution in [1.82, 2.24) is 20.2 Å². The Kier molecular flexibility index (Phi) is 3.43. The van der Waals surface area contributed by atoms with Gasteiger partial charge in [-0.15, -0.1) is 0 Å². The van der Waals surface area contributed by atoms with Crippen LogP contribution in [-0.4, -0.2) is 26.1 Å². The Hall–Kier alpha value is -4.00. The zero-order valence-corrected chi connectivity index (χ0v) is 14.0. The lowest BCUT2D eigenvalue weighted by atomic mass is 10.1. The molecule has 0 aliphatic heterocycles. The fourth-order valence-corrected chi connectivity index (χ4v) is 3.01. The van der Waals surface area contributed by atoms with Gasteiger partial charge in [0, 0.05) is 34.4 Å². The minimum Gasteiger partial charge on any atom is -0.472 e. The SMILES string of the molecule is O=C(Nc1ccc2[nH]nc(-c3ccoc3)c2c1)c1cnc2cnccc2c1. The molecule has 0 aliphatic carbocycles. The lowest BCUT2D eigenvalue weighted by Gasteiger charge is -2.06. The lowest BCUT2D eigenvalue weighted by Crippen LogP contribution is -2.12. The smallest absolute Gasteiger partial charge is 0.257 e. The fraction of sp³-hybridized carbons (Fsp3) is 0. The number of pyridine rings is 2. The highest BCUT2D eigenvalue weighted by Crippen LogP contribution is 2.28. The van der Waals surface area contributed by atoms with E-state index in [1.54, 1.807) is 37.2 Å². The van der Waals surface area contributed by atoms with E-state index in [0.717, 1.165) is 33.1 Å². The number of aromatic amines is 1. The number of carbonyl (C=O) groups excluding carboxylic acids is 1. The Balaban J connectivity index is 1.48. The van der Waals surface area contributed by atoms with Crippen LogP contribution in [0.15, 0.2) is 71.9 Å². The molecule has 0 fully saturated rings. The van der Waals surface area contributed by atoms with Crippen LogP contribution in [0.2, 0.25) is 0 Å². The molecular weight excluding hydrogens is 342 g/mol. The highest BCUT2D eigenvalue weighted by molar-refractivity contribution is 6.07. The minimum absolute atomic E-state index is 0.228. The molecular formula is C20H13N5O2. The van der Waals surface area contributed by atoms with E-state index in [-0.39, 0.29) is 5.91 Å². The van der Waals surface area contributed by atoms with E-state index in [4.69, 9.17) is 4.42 Å². The maximum atomic E-state index is 12.6. The highest BCUT2D eigenvalue weighted by atomic mass is 16.3. The number of benzene rings is 1. The number of carbonyl (C=O) groups is 1. The maximum absolute atomic E-state index is 12.6. The Morgan fingerprint density at radius 2 is 2.07 bits per heavy atom. The van der Waals surface area contributed by atoms with E-state index in [0.29, 0.717) is 11.3 Å². The summed E-state index contributed by atoms with van der Waals surface area (Å²) in [5.74, 6) is -0.228. The number of amides is 1. The summed E-state index contributed by atoms with van der Waals surface area (Å²) >= 11 is 0. The molecule has 5 aromatic rings. The van der Waals surface area contributed by atoms with Crippen LogP contribution in [0.1, 0.15) is 10.4 Å². The van der Waals surface area contributed by atoms with Gasteiger partial charge in [0.2, 0.25) is 0 Å². The van der Waals surface area contributed by atoms with Crippen LogP contribution in [0.4, 0.5) is 5.69 Å². The number of anilines is 1. The second kappa shape index (κ2) is 6.06. The summed E-state index contributed by atoms with van der Waals surface area (Å²) < 4.78 is 5.14. The first-order valence-electron chi connectivity index (χ1n) is 8.30. The zero-order valence-electron chi connectivity index (χ0n) is 14.0. The molecule has 0 aliphatic rings. The van der Waals surface area contributed by atoms with E-state index in [1.165, 1.54) is 0 Å². The molecule has 1 amide bonds. The quantitative estimate of drug-likeness (QED) is 0.509. The van der Waals surface area contributed by atoms with Gasteiger partial charge < -0.3 is 9.73 Å². The molecule has 27 heavy (non-hydrogen) atoms. The molecule has 0 saturated heterocycles. The van der Waals surface area contributed by atoms with E-state index in [1.807, 2.05) is 30.3 Å². The highest BCUT2D eigenvalue weighted by Gasteiger charge is 2.12. The summed E-state index contributed by atoms with van der Waals surface area (Å²) in [5.41, 5.74) is 4.43. The third-order valence-electron chi connectivity index (χ3n) is 4.36. The second-order valence-electron chi connectivity index (χ2n) is 6.09. The molecule has 0 atom stereocenters. The monoisotopic (exact) mass is 355 g/mol. The van der Waals surface area contributed by atoms with Gasteiger partial charge in [0.05, 0.1) is 35.3 Å². The number of hydrogen-bond acceptors (Lipinski definition) is 5. The Bertz CT molecular complexity index is 1270. The molecule has 130 valence electrons. The normalized spacial score (nSPS) is 11.1. The predicted octanol–water partition coefficient (Wildman–Crippen LogP) is 4.02. The van der Waals surface area contributed by atoms with Crippen molar-refractivity contribution in [3.8, 4) is 11.3 Å². The van der Waals surface area contributed by atoms with Crippen LogP contribution >= 0.6 is 0 Å². The molecule has 7 heteroatoms. The molecule has 1 aromatic carbocycles. The third kappa shape index (κ3) is 2.71. The van der Waals surface area contributed by atoms with Crippen LogP contribution in [0, 0.1) is 0 Å². The minimum atomic E-state index is -0.228. The van der Waals surface area contributed by atoms with Gasteiger partial charge in [-0.1, -0.05) is 0 Å². The van der Waals surface area contributed by atoms with Crippen LogP contribution in [0.25, 0.3) is 33.1 Å². The number of nitrogens with one attached hydrogen (secondary N) is 2. The predicted molar refractivity (Wildman–Crippen MR) is 101 cm³/mol. The molecule has 4 heterocycles. The molecule has 7 nitrogen and oxygen atoms in total. The van der Waals surface area contributed by atoms with Gasteiger partial charge in [-0.25, -0.2) is 0 Å². The van der Waals surface area contributed by atoms with Crippen molar-refractivity contribution in [2.24, 2.45) is 0 Å². The first kappa shape index (κ1) is 15.3. The van der Waals surface area contributed by atoms with Gasteiger partial charge >= 0.3 is 0 Å². The molecule has 5 rings (SSSR count). The third-order valence-corrected chi connectivity index (χ3v) is 4.36. The van der Waals surface area contributed by atoms with Crippen LogP contribution in [-0.2, 0) is 0 Å².